The van der Waals surface area contributed by atoms with Crippen molar-refractivity contribution in [1.29, 1.82) is 0 Å². The molecule has 9 heteroatoms. The van der Waals surface area contributed by atoms with Gasteiger partial charge in [0.15, 0.2) is 0 Å². The summed E-state index contributed by atoms with van der Waals surface area (Å²) >= 11 is 0. The number of methoxy groups -OCH3 is 1. The minimum atomic E-state index is -4.12. The molecule has 0 aliphatic rings. The van der Waals surface area contributed by atoms with E-state index in [1.54, 1.807) is 36.4 Å². The van der Waals surface area contributed by atoms with Gasteiger partial charge in [-0.1, -0.05) is 68.8 Å². The zero-order valence-corrected chi connectivity index (χ0v) is 25.4. The van der Waals surface area contributed by atoms with Crippen molar-refractivity contribution in [3.05, 3.63) is 90.0 Å². The van der Waals surface area contributed by atoms with Gasteiger partial charge in [-0.25, -0.2) is 8.42 Å². The Hall–Kier alpha value is -3.85. The van der Waals surface area contributed by atoms with E-state index in [9.17, 15) is 18.0 Å². The molecule has 3 rings (SSSR count). The lowest BCUT2D eigenvalue weighted by Gasteiger charge is -2.33. The summed E-state index contributed by atoms with van der Waals surface area (Å²) in [7, 11) is -2.59. The van der Waals surface area contributed by atoms with Crippen molar-refractivity contribution in [1.82, 2.24) is 10.2 Å². The molecule has 0 saturated carbocycles. The SMILES string of the molecule is CC[C@H](C(=O)NCC(C)C)N(CCc1ccccc1)C(=O)CN(c1ccc(OC)cc1)S(=O)(=O)c1ccc(C)cc1. The van der Waals surface area contributed by atoms with Gasteiger partial charge in [-0.2, -0.15) is 0 Å². The number of amides is 2. The van der Waals surface area contributed by atoms with Crippen LogP contribution in [0.1, 0.15) is 38.3 Å². The van der Waals surface area contributed by atoms with Crippen molar-refractivity contribution in [3.63, 3.8) is 0 Å². The smallest absolute Gasteiger partial charge is 0.264 e. The molecular weight excluding hydrogens is 538 g/mol. The third-order valence-corrected chi connectivity index (χ3v) is 8.59. The van der Waals surface area contributed by atoms with Crippen molar-refractivity contribution in [2.24, 2.45) is 5.92 Å². The van der Waals surface area contributed by atoms with E-state index in [0.717, 1.165) is 15.4 Å². The standard InChI is InChI=1S/C32H41N3O5S/c1-6-30(32(37)33-22-24(2)3)34(21-20-26-10-8-7-9-11-26)31(36)23-35(27-14-16-28(40-5)17-15-27)41(38,39)29-18-12-25(4)13-19-29/h7-19,24,30H,6,20-23H2,1-5H3,(H,33,37)/t30-/m1/s1. The van der Waals surface area contributed by atoms with Gasteiger partial charge in [-0.3, -0.25) is 13.9 Å². The van der Waals surface area contributed by atoms with Crippen LogP contribution in [0.25, 0.3) is 0 Å². The van der Waals surface area contributed by atoms with E-state index in [-0.39, 0.29) is 23.3 Å². The molecule has 1 N–H and O–H groups in total. The van der Waals surface area contributed by atoms with Crippen LogP contribution in [0, 0.1) is 12.8 Å². The van der Waals surface area contributed by atoms with Crippen LogP contribution in [-0.4, -0.2) is 57.9 Å². The summed E-state index contributed by atoms with van der Waals surface area (Å²) in [6, 6.07) is 22.0. The molecule has 0 aliphatic carbocycles. The van der Waals surface area contributed by atoms with Crippen molar-refractivity contribution in [2.45, 2.75) is 51.5 Å². The molecule has 3 aromatic carbocycles. The van der Waals surface area contributed by atoms with Gasteiger partial charge in [0.1, 0.15) is 18.3 Å². The highest BCUT2D eigenvalue weighted by atomic mass is 32.2. The molecule has 0 heterocycles. The van der Waals surface area contributed by atoms with Crippen LogP contribution in [0.2, 0.25) is 0 Å². The lowest BCUT2D eigenvalue weighted by Crippen LogP contribution is -2.53. The van der Waals surface area contributed by atoms with E-state index in [1.807, 2.05) is 58.0 Å². The minimum Gasteiger partial charge on any atom is -0.497 e. The summed E-state index contributed by atoms with van der Waals surface area (Å²) in [5, 5.41) is 2.95. The second-order valence-corrected chi connectivity index (χ2v) is 12.3. The summed E-state index contributed by atoms with van der Waals surface area (Å²) in [6.45, 7) is 8.01. The monoisotopic (exact) mass is 579 g/mol. The van der Waals surface area contributed by atoms with E-state index in [4.69, 9.17) is 4.74 Å². The molecule has 8 nitrogen and oxygen atoms in total. The molecule has 220 valence electrons. The van der Waals surface area contributed by atoms with Crippen LogP contribution >= 0.6 is 0 Å². The van der Waals surface area contributed by atoms with E-state index in [2.05, 4.69) is 5.32 Å². The highest BCUT2D eigenvalue weighted by molar-refractivity contribution is 7.92. The Morgan fingerprint density at radius 3 is 2.12 bits per heavy atom. The predicted molar refractivity (Wildman–Crippen MR) is 162 cm³/mol. The van der Waals surface area contributed by atoms with E-state index in [1.165, 1.54) is 24.1 Å². The number of sulfonamides is 1. The zero-order valence-electron chi connectivity index (χ0n) is 24.5. The zero-order chi connectivity index (χ0) is 30.0. The first-order chi connectivity index (χ1) is 19.6. The fourth-order valence-corrected chi connectivity index (χ4v) is 5.85. The van der Waals surface area contributed by atoms with Gasteiger partial charge in [0.2, 0.25) is 11.8 Å². The topological polar surface area (TPSA) is 96.0 Å². The van der Waals surface area contributed by atoms with Gasteiger partial charge in [0.25, 0.3) is 10.0 Å². The number of hydrogen-bond acceptors (Lipinski definition) is 5. The maximum atomic E-state index is 14.1. The number of ether oxygens (including phenoxy) is 1. The summed E-state index contributed by atoms with van der Waals surface area (Å²) in [4.78, 5) is 28.9. The number of aryl methyl sites for hydroxylation is 1. The maximum absolute atomic E-state index is 14.1. The Bertz CT molecular complexity index is 1380. The lowest BCUT2D eigenvalue weighted by atomic mass is 10.1. The molecule has 41 heavy (non-hydrogen) atoms. The van der Waals surface area contributed by atoms with Gasteiger partial charge in [-0.05, 0) is 67.6 Å². The van der Waals surface area contributed by atoms with Crippen molar-refractivity contribution >= 4 is 27.5 Å². The molecule has 0 bridgehead atoms. The average Bonchev–Trinajstić information content (AvgIpc) is 2.97. The Balaban J connectivity index is 2.00. The van der Waals surface area contributed by atoms with E-state index >= 15 is 0 Å². The van der Waals surface area contributed by atoms with Crippen LogP contribution in [0.4, 0.5) is 5.69 Å². The second-order valence-electron chi connectivity index (χ2n) is 10.4. The highest BCUT2D eigenvalue weighted by Gasteiger charge is 2.33. The van der Waals surface area contributed by atoms with Crippen LogP contribution in [0.15, 0.2) is 83.8 Å². The Kier molecular flexibility index (Phi) is 11.3. The van der Waals surface area contributed by atoms with Crippen molar-refractivity contribution in [2.75, 3.05) is 31.0 Å². The number of nitrogens with zero attached hydrogens (tertiary/aromatic N) is 2. The first kappa shape index (κ1) is 31.7. The van der Waals surface area contributed by atoms with Crippen LogP contribution in [-0.2, 0) is 26.0 Å². The number of nitrogens with one attached hydrogen (secondary N) is 1. The number of rotatable bonds is 14. The fraction of sp³-hybridized carbons (Fsp3) is 0.375. The second kappa shape index (κ2) is 14.7. The summed E-state index contributed by atoms with van der Waals surface area (Å²) in [5.74, 6) is 0.0965. The number of carbonyl (C=O) groups excluding carboxylic acids is 2. The van der Waals surface area contributed by atoms with Crippen molar-refractivity contribution in [3.8, 4) is 5.75 Å². The van der Waals surface area contributed by atoms with Crippen LogP contribution < -0.4 is 14.4 Å². The van der Waals surface area contributed by atoms with Crippen LogP contribution in [0.3, 0.4) is 0 Å². The number of hydrogen-bond donors (Lipinski definition) is 1. The van der Waals surface area contributed by atoms with Gasteiger partial charge >= 0.3 is 0 Å². The largest absolute Gasteiger partial charge is 0.497 e. The Morgan fingerprint density at radius 1 is 0.927 bits per heavy atom. The Morgan fingerprint density at radius 2 is 1.56 bits per heavy atom. The van der Waals surface area contributed by atoms with Crippen LogP contribution in [0.5, 0.6) is 5.75 Å². The molecule has 0 aliphatic heterocycles. The first-order valence-corrected chi connectivity index (χ1v) is 15.3. The summed E-state index contributed by atoms with van der Waals surface area (Å²) in [5.41, 5.74) is 2.25. The highest BCUT2D eigenvalue weighted by Crippen LogP contribution is 2.26. The number of benzene rings is 3. The van der Waals surface area contributed by atoms with E-state index in [0.29, 0.717) is 30.8 Å². The molecule has 3 aromatic rings. The molecule has 0 fully saturated rings. The molecule has 0 aromatic heterocycles. The summed E-state index contributed by atoms with van der Waals surface area (Å²) < 4.78 is 34.2. The van der Waals surface area contributed by atoms with Gasteiger partial charge in [0, 0.05) is 13.1 Å². The first-order valence-electron chi connectivity index (χ1n) is 13.9. The molecular formula is C32H41N3O5S. The predicted octanol–water partition coefficient (Wildman–Crippen LogP) is 4.82. The third kappa shape index (κ3) is 8.57. The molecule has 0 unspecified atom stereocenters. The van der Waals surface area contributed by atoms with Gasteiger partial charge in [0.05, 0.1) is 17.7 Å². The molecule has 1 atom stereocenters. The normalized spacial score (nSPS) is 12.0. The molecule has 0 saturated heterocycles. The van der Waals surface area contributed by atoms with Crippen molar-refractivity contribution < 1.29 is 22.7 Å². The Labute approximate surface area is 244 Å². The average molecular weight is 580 g/mol. The molecule has 0 spiro atoms. The number of carbonyl (C=O) groups is 2. The van der Waals surface area contributed by atoms with E-state index < -0.39 is 28.5 Å². The number of anilines is 1. The third-order valence-electron chi connectivity index (χ3n) is 6.80. The molecule has 0 radical (unpaired) electrons. The fourth-order valence-electron chi connectivity index (χ4n) is 4.43. The lowest BCUT2D eigenvalue weighted by molar-refractivity contribution is -0.139. The minimum absolute atomic E-state index is 0.0734. The quantitative estimate of drug-likeness (QED) is 0.295. The van der Waals surface area contributed by atoms with Gasteiger partial charge in [-0.15, -0.1) is 0 Å². The summed E-state index contributed by atoms with van der Waals surface area (Å²) in [6.07, 6.45) is 0.908. The van der Waals surface area contributed by atoms with Gasteiger partial charge < -0.3 is 15.0 Å². The maximum Gasteiger partial charge on any atom is 0.264 e. The molecule has 2 amide bonds.